The molecule has 0 bridgehead atoms. The molecule has 3 aromatic rings. The summed E-state index contributed by atoms with van der Waals surface area (Å²) in [6.45, 7) is 5.27. The van der Waals surface area contributed by atoms with E-state index in [1.165, 1.54) is 25.1 Å². The maximum absolute atomic E-state index is 12.6. The average molecular weight is 542 g/mol. The Morgan fingerprint density at radius 1 is 1.22 bits per heavy atom. The molecule has 0 unspecified atom stereocenters. The van der Waals surface area contributed by atoms with Crippen molar-refractivity contribution in [2.45, 2.75) is 39.3 Å². The second-order valence-corrected chi connectivity index (χ2v) is 9.82. The van der Waals surface area contributed by atoms with Crippen LogP contribution in [0.4, 0.5) is 0 Å². The molecule has 1 fully saturated rings. The van der Waals surface area contributed by atoms with Gasteiger partial charge in [0.25, 0.3) is 11.8 Å². The summed E-state index contributed by atoms with van der Waals surface area (Å²) in [5.74, 6) is 0.709. The first-order valence-electron chi connectivity index (χ1n) is 12.2. The van der Waals surface area contributed by atoms with Gasteiger partial charge in [-0.05, 0) is 56.9 Å². The second-order valence-electron chi connectivity index (χ2n) is 9.00. The summed E-state index contributed by atoms with van der Waals surface area (Å²) >= 11 is 13.0. The molecule has 0 saturated heterocycles. The number of amides is 2. The van der Waals surface area contributed by atoms with Crippen molar-refractivity contribution in [3.8, 4) is 5.75 Å². The van der Waals surface area contributed by atoms with Gasteiger partial charge in [-0.25, -0.2) is 0 Å². The van der Waals surface area contributed by atoms with Gasteiger partial charge in [0, 0.05) is 41.7 Å². The predicted molar refractivity (Wildman–Crippen MR) is 144 cm³/mol. The normalized spacial score (nSPS) is 13.9. The summed E-state index contributed by atoms with van der Waals surface area (Å²) in [5.41, 5.74) is 2.19. The third-order valence-corrected chi connectivity index (χ3v) is 6.47. The molecule has 10 heteroatoms. The number of aromatic nitrogens is 3. The third kappa shape index (κ3) is 7.57. The van der Waals surface area contributed by atoms with Gasteiger partial charge in [0.1, 0.15) is 11.4 Å². The first-order chi connectivity index (χ1) is 17.8. The molecule has 2 aromatic heterocycles. The Bertz CT molecular complexity index is 1280. The van der Waals surface area contributed by atoms with Gasteiger partial charge in [-0.1, -0.05) is 35.4 Å². The van der Waals surface area contributed by atoms with Crippen LogP contribution in [0.15, 0.2) is 48.9 Å². The van der Waals surface area contributed by atoms with E-state index in [-0.39, 0.29) is 23.6 Å². The third-order valence-electron chi connectivity index (χ3n) is 5.80. The van der Waals surface area contributed by atoms with Gasteiger partial charge in [-0.2, -0.15) is 5.10 Å². The van der Waals surface area contributed by atoms with E-state index >= 15 is 0 Å². The number of pyridine rings is 1. The Labute approximate surface area is 226 Å². The van der Waals surface area contributed by atoms with Gasteiger partial charge < -0.3 is 15.4 Å². The Morgan fingerprint density at radius 2 is 1.97 bits per heavy atom. The number of nitrogens with zero attached hydrogens (tertiary/aromatic N) is 3. The number of carbonyl (C=O) groups excluding carboxylic acids is 2. The van der Waals surface area contributed by atoms with Crippen LogP contribution in [0.5, 0.6) is 5.75 Å². The zero-order valence-corrected chi connectivity index (χ0v) is 22.2. The number of benzene rings is 1. The van der Waals surface area contributed by atoms with Gasteiger partial charge in [0.2, 0.25) is 0 Å². The first kappa shape index (κ1) is 26.7. The van der Waals surface area contributed by atoms with E-state index in [4.69, 9.17) is 27.9 Å². The number of ether oxygens (including phenoxy) is 1. The fourth-order valence-corrected chi connectivity index (χ4v) is 4.15. The number of rotatable bonds is 11. The van der Waals surface area contributed by atoms with E-state index in [2.05, 4.69) is 20.7 Å². The largest absolute Gasteiger partial charge is 0.493 e. The maximum Gasteiger partial charge on any atom is 0.269 e. The maximum atomic E-state index is 12.6. The lowest BCUT2D eigenvalue weighted by Crippen LogP contribution is -2.31. The van der Waals surface area contributed by atoms with Crippen molar-refractivity contribution in [1.29, 1.82) is 0 Å². The lowest BCUT2D eigenvalue weighted by molar-refractivity contribution is 0.0947. The van der Waals surface area contributed by atoms with Crippen molar-refractivity contribution in [2.24, 2.45) is 5.92 Å². The van der Waals surface area contributed by atoms with Crippen LogP contribution in [-0.4, -0.2) is 45.8 Å². The molecule has 1 aliphatic rings. The topological polar surface area (TPSA) is 98.1 Å². The van der Waals surface area contributed by atoms with E-state index < -0.39 is 0 Å². The van der Waals surface area contributed by atoms with Crippen LogP contribution in [0.1, 0.15) is 58.7 Å². The van der Waals surface area contributed by atoms with Crippen molar-refractivity contribution in [3.63, 3.8) is 0 Å². The summed E-state index contributed by atoms with van der Waals surface area (Å²) in [4.78, 5) is 28.6. The van der Waals surface area contributed by atoms with Crippen LogP contribution in [0.2, 0.25) is 10.0 Å². The molecule has 1 aromatic carbocycles. The first-order valence-corrected chi connectivity index (χ1v) is 12.9. The van der Waals surface area contributed by atoms with Crippen molar-refractivity contribution < 1.29 is 14.3 Å². The van der Waals surface area contributed by atoms with Crippen LogP contribution in [-0.2, 0) is 6.54 Å². The SMILES string of the molecule is CCNC(=O)c1cc(C(=O)N[C@@H](C)C=Cc2cnn(Cc3c(Cl)cc(OCC4CC4)cc3Cl)c2)ccn1. The Kier molecular flexibility index (Phi) is 8.84. The number of hydrogen-bond donors (Lipinski definition) is 2. The van der Waals surface area contributed by atoms with Crippen LogP contribution in [0, 0.1) is 5.92 Å². The summed E-state index contributed by atoms with van der Waals surface area (Å²) < 4.78 is 7.54. The van der Waals surface area contributed by atoms with Crippen molar-refractivity contribution in [3.05, 3.63) is 81.4 Å². The van der Waals surface area contributed by atoms with E-state index in [1.54, 1.807) is 29.1 Å². The molecular formula is C27H29Cl2N5O3. The molecule has 0 radical (unpaired) electrons. The quantitative estimate of drug-likeness (QED) is 0.355. The molecule has 2 N–H and O–H groups in total. The minimum atomic E-state index is -0.317. The molecular weight excluding hydrogens is 513 g/mol. The van der Waals surface area contributed by atoms with Crippen molar-refractivity contribution in [1.82, 2.24) is 25.4 Å². The molecule has 194 valence electrons. The molecule has 0 aliphatic heterocycles. The minimum absolute atomic E-state index is 0.200. The van der Waals surface area contributed by atoms with Crippen LogP contribution in [0.25, 0.3) is 6.08 Å². The van der Waals surface area contributed by atoms with Crippen LogP contribution >= 0.6 is 23.2 Å². The van der Waals surface area contributed by atoms with E-state index in [1.807, 2.05) is 32.2 Å². The molecule has 37 heavy (non-hydrogen) atoms. The summed E-state index contributed by atoms with van der Waals surface area (Å²) in [6.07, 6.45) is 11.2. The van der Waals surface area contributed by atoms with Gasteiger partial charge in [0.15, 0.2) is 0 Å². The Hall–Kier alpha value is -3.36. The number of halogens is 2. The molecule has 4 rings (SSSR count). The monoisotopic (exact) mass is 541 g/mol. The molecule has 2 amide bonds. The second kappa shape index (κ2) is 12.3. The zero-order valence-electron chi connectivity index (χ0n) is 20.7. The number of nitrogens with one attached hydrogen (secondary N) is 2. The van der Waals surface area contributed by atoms with E-state index in [0.717, 1.165) is 11.1 Å². The highest BCUT2D eigenvalue weighted by Gasteiger charge is 2.22. The summed E-state index contributed by atoms with van der Waals surface area (Å²) in [7, 11) is 0. The smallest absolute Gasteiger partial charge is 0.269 e. The number of carbonyl (C=O) groups is 2. The molecule has 0 spiro atoms. The highest BCUT2D eigenvalue weighted by molar-refractivity contribution is 6.36. The predicted octanol–water partition coefficient (Wildman–Crippen LogP) is 5.00. The lowest BCUT2D eigenvalue weighted by Gasteiger charge is -2.11. The van der Waals surface area contributed by atoms with Crippen LogP contribution < -0.4 is 15.4 Å². The summed E-state index contributed by atoms with van der Waals surface area (Å²) in [5, 5.41) is 11.0. The molecule has 1 aliphatic carbocycles. The van der Waals surface area contributed by atoms with Gasteiger partial charge in [-0.15, -0.1) is 0 Å². The Morgan fingerprint density at radius 3 is 2.68 bits per heavy atom. The van der Waals surface area contributed by atoms with Gasteiger partial charge >= 0.3 is 0 Å². The van der Waals surface area contributed by atoms with Gasteiger partial charge in [-0.3, -0.25) is 19.3 Å². The molecule has 8 nitrogen and oxygen atoms in total. The number of hydrogen-bond acceptors (Lipinski definition) is 5. The molecule has 1 atom stereocenters. The zero-order chi connectivity index (χ0) is 26.4. The minimum Gasteiger partial charge on any atom is -0.493 e. The fourth-order valence-electron chi connectivity index (χ4n) is 3.57. The molecule has 1 saturated carbocycles. The van der Waals surface area contributed by atoms with E-state index in [0.29, 0.717) is 47.0 Å². The van der Waals surface area contributed by atoms with Crippen molar-refractivity contribution in [2.75, 3.05) is 13.2 Å². The highest BCUT2D eigenvalue weighted by Crippen LogP contribution is 2.33. The van der Waals surface area contributed by atoms with Crippen molar-refractivity contribution >= 4 is 41.1 Å². The van der Waals surface area contributed by atoms with Gasteiger partial charge in [0.05, 0.1) is 29.4 Å². The standard InChI is InChI=1S/C27H29Cl2N5O3/c1-3-30-27(36)25-10-20(8-9-31-25)26(35)33-17(2)4-5-19-13-32-34(14-19)15-22-23(28)11-21(12-24(22)29)37-16-18-6-7-18/h4-5,8-14,17-18H,3,6-7,15-16H2,1-2H3,(H,30,36)(H,33,35)/t17-/m0/s1. The highest BCUT2D eigenvalue weighted by atomic mass is 35.5. The van der Waals surface area contributed by atoms with E-state index in [9.17, 15) is 9.59 Å². The fraction of sp³-hybridized carbons (Fsp3) is 0.333. The average Bonchev–Trinajstić information content (AvgIpc) is 3.60. The molecule has 2 heterocycles. The van der Waals surface area contributed by atoms with Crippen LogP contribution in [0.3, 0.4) is 0 Å². The Balaban J connectivity index is 1.33. The lowest BCUT2D eigenvalue weighted by atomic mass is 10.2. The summed E-state index contributed by atoms with van der Waals surface area (Å²) in [6, 6.07) is 6.37.